The smallest absolute Gasteiger partial charge is 0.119 e. The van der Waals surface area contributed by atoms with Crippen LogP contribution in [0.25, 0.3) is 0 Å². The number of ether oxygens (including phenoxy) is 1. The minimum Gasteiger partial charge on any atom is -0.356 e. The maximum atomic E-state index is 5.89. The summed E-state index contributed by atoms with van der Waals surface area (Å²) in [5, 5.41) is 0.778. The summed E-state index contributed by atoms with van der Waals surface area (Å²) in [5.74, 6) is 0. The molecule has 3 heteroatoms. The van der Waals surface area contributed by atoms with Crippen molar-refractivity contribution in [3.8, 4) is 0 Å². The summed E-state index contributed by atoms with van der Waals surface area (Å²) in [4.78, 5) is 2.19. The Morgan fingerprint density at radius 3 is 3.15 bits per heavy atom. The Labute approximate surface area is 83.1 Å². The van der Waals surface area contributed by atoms with Crippen molar-refractivity contribution in [3.05, 3.63) is 28.8 Å². The minimum absolute atomic E-state index is 0.673. The van der Waals surface area contributed by atoms with Gasteiger partial charge in [-0.2, -0.15) is 0 Å². The van der Waals surface area contributed by atoms with Gasteiger partial charge in [-0.1, -0.05) is 11.6 Å². The van der Waals surface area contributed by atoms with E-state index in [1.165, 1.54) is 11.3 Å². The molecule has 0 bridgehead atoms. The van der Waals surface area contributed by atoms with Crippen LogP contribution in [0.1, 0.15) is 12.5 Å². The van der Waals surface area contributed by atoms with Crippen LogP contribution in [0.3, 0.4) is 0 Å². The van der Waals surface area contributed by atoms with Crippen LogP contribution >= 0.6 is 11.6 Å². The van der Waals surface area contributed by atoms with Gasteiger partial charge in [0.2, 0.25) is 0 Å². The number of nitrogens with zero attached hydrogens (tertiary/aromatic N) is 1. The highest BCUT2D eigenvalue weighted by atomic mass is 35.5. The topological polar surface area (TPSA) is 12.5 Å². The van der Waals surface area contributed by atoms with E-state index < -0.39 is 0 Å². The lowest BCUT2D eigenvalue weighted by atomic mass is 10.1. The van der Waals surface area contributed by atoms with Crippen molar-refractivity contribution in [2.24, 2.45) is 0 Å². The second-order valence-electron chi connectivity index (χ2n) is 3.11. The molecule has 1 aliphatic heterocycles. The highest BCUT2D eigenvalue weighted by Crippen LogP contribution is 2.27. The zero-order valence-electron chi connectivity index (χ0n) is 7.59. The number of rotatable bonds is 1. The van der Waals surface area contributed by atoms with E-state index in [-0.39, 0.29) is 0 Å². The Hall–Kier alpha value is -0.730. The first-order chi connectivity index (χ1) is 6.31. The van der Waals surface area contributed by atoms with E-state index >= 15 is 0 Å². The fourth-order valence-corrected chi connectivity index (χ4v) is 1.77. The van der Waals surface area contributed by atoms with Gasteiger partial charge in [0, 0.05) is 22.8 Å². The van der Waals surface area contributed by atoms with Crippen molar-refractivity contribution in [3.63, 3.8) is 0 Å². The molecule has 0 radical (unpaired) electrons. The van der Waals surface area contributed by atoms with E-state index in [2.05, 4.69) is 17.9 Å². The largest absolute Gasteiger partial charge is 0.356 e. The summed E-state index contributed by atoms with van der Waals surface area (Å²) in [6, 6.07) is 5.96. The molecule has 0 saturated heterocycles. The third-order valence-electron chi connectivity index (χ3n) is 2.27. The van der Waals surface area contributed by atoms with Gasteiger partial charge in [0.05, 0.1) is 6.61 Å². The second-order valence-corrected chi connectivity index (χ2v) is 3.54. The highest BCUT2D eigenvalue weighted by molar-refractivity contribution is 6.30. The molecule has 0 amide bonds. The van der Waals surface area contributed by atoms with Crippen molar-refractivity contribution in [2.45, 2.75) is 13.5 Å². The lowest BCUT2D eigenvalue weighted by Gasteiger charge is -2.30. The van der Waals surface area contributed by atoms with E-state index in [9.17, 15) is 0 Å². The molecule has 13 heavy (non-hydrogen) atoms. The predicted molar refractivity (Wildman–Crippen MR) is 54.1 cm³/mol. The lowest BCUT2D eigenvalue weighted by molar-refractivity contribution is 0.111. The monoisotopic (exact) mass is 197 g/mol. The van der Waals surface area contributed by atoms with Crippen LogP contribution in [0.5, 0.6) is 0 Å². The van der Waals surface area contributed by atoms with Crippen LogP contribution in [-0.4, -0.2) is 13.3 Å². The summed E-state index contributed by atoms with van der Waals surface area (Å²) < 4.78 is 5.42. The van der Waals surface area contributed by atoms with Gasteiger partial charge in [0.25, 0.3) is 0 Å². The Kier molecular flexibility index (Phi) is 2.42. The molecule has 2 rings (SSSR count). The Morgan fingerprint density at radius 2 is 2.38 bits per heavy atom. The van der Waals surface area contributed by atoms with Gasteiger partial charge >= 0.3 is 0 Å². The van der Waals surface area contributed by atoms with Gasteiger partial charge in [0.15, 0.2) is 0 Å². The molecule has 0 unspecified atom stereocenters. The van der Waals surface area contributed by atoms with E-state index in [1.807, 2.05) is 12.1 Å². The first-order valence-electron chi connectivity index (χ1n) is 4.42. The second kappa shape index (κ2) is 3.56. The van der Waals surface area contributed by atoms with Crippen LogP contribution < -0.4 is 4.90 Å². The zero-order chi connectivity index (χ0) is 9.26. The average Bonchev–Trinajstić information content (AvgIpc) is 2.16. The SMILES string of the molecule is CCN1COCc2cc(Cl)ccc21. The molecule has 0 aromatic heterocycles. The fraction of sp³-hybridized carbons (Fsp3) is 0.400. The van der Waals surface area contributed by atoms with Crippen LogP contribution in [0, 0.1) is 0 Å². The molecule has 0 atom stereocenters. The Bertz CT molecular complexity index is 314. The standard InChI is InChI=1S/C10H12ClNO/c1-2-12-7-13-6-8-5-9(11)3-4-10(8)12/h3-5H,2,6-7H2,1H3. The average molecular weight is 198 g/mol. The lowest BCUT2D eigenvalue weighted by Crippen LogP contribution is -2.30. The predicted octanol–water partition coefficient (Wildman–Crippen LogP) is 2.65. The van der Waals surface area contributed by atoms with Crippen molar-refractivity contribution in [1.29, 1.82) is 0 Å². The molecule has 0 fully saturated rings. The van der Waals surface area contributed by atoms with E-state index in [4.69, 9.17) is 16.3 Å². The molecule has 1 aliphatic rings. The minimum atomic E-state index is 0.673. The number of benzene rings is 1. The summed E-state index contributed by atoms with van der Waals surface area (Å²) in [5.41, 5.74) is 2.43. The quantitative estimate of drug-likeness (QED) is 0.687. The summed E-state index contributed by atoms with van der Waals surface area (Å²) in [7, 11) is 0. The van der Waals surface area contributed by atoms with E-state index in [1.54, 1.807) is 0 Å². The molecule has 1 aromatic carbocycles. The highest BCUT2D eigenvalue weighted by Gasteiger charge is 2.15. The van der Waals surface area contributed by atoms with Gasteiger partial charge in [-0.25, -0.2) is 0 Å². The van der Waals surface area contributed by atoms with Crippen LogP contribution in [0.4, 0.5) is 5.69 Å². The van der Waals surface area contributed by atoms with Gasteiger partial charge in [-0.05, 0) is 25.1 Å². The van der Waals surface area contributed by atoms with Crippen molar-refractivity contribution in [1.82, 2.24) is 0 Å². The normalized spacial score (nSPS) is 15.7. The number of halogens is 1. The summed E-state index contributed by atoms with van der Waals surface area (Å²) in [6.07, 6.45) is 0. The van der Waals surface area contributed by atoms with Crippen LogP contribution in [-0.2, 0) is 11.3 Å². The van der Waals surface area contributed by atoms with Gasteiger partial charge in [0.1, 0.15) is 6.73 Å². The zero-order valence-corrected chi connectivity index (χ0v) is 8.34. The molecular formula is C10H12ClNO. The molecule has 1 aromatic rings. The molecule has 2 nitrogen and oxygen atoms in total. The van der Waals surface area contributed by atoms with Crippen molar-refractivity contribution < 1.29 is 4.74 Å². The Balaban J connectivity index is 2.40. The molecule has 0 spiro atoms. The fourth-order valence-electron chi connectivity index (χ4n) is 1.58. The molecule has 0 aliphatic carbocycles. The van der Waals surface area contributed by atoms with Gasteiger partial charge in [-0.15, -0.1) is 0 Å². The third kappa shape index (κ3) is 1.64. The van der Waals surface area contributed by atoms with Crippen molar-refractivity contribution in [2.75, 3.05) is 18.2 Å². The molecular weight excluding hydrogens is 186 g/mol. The van der Waals surface area contributed by atoms with Crippen LogP contribution in [0.2, 0.25) is 5.02 Å². The summed E-state index contributed by atoms with van der Waals surface area (Å²) in [6.45, 7) is 4.44. The number of anilines is 1. The van der Waals surface area contributed by atoms with E-state index in [0.717, 1.165) is 11.6 Å². The summed E-state index contributed by atoms with van der Waals surface area (Å²) >= 11 is 5.89. The van der Waals surface area contributed by atoms with Crippen molar-refractivity contribution >= 4 is 17.3 Å². The molecule has 70 valence electrons. The molecule has 0 saturated carbocycles. The maximum Gasteiger partial charge on any atom is 0.119 e. The maximum absolute atomic E-state index is 5.89. The molecule has 1 heterocycles. The number of hydrogen-bond acceptors (Lipinski definition) is 2. The number of hydrogen-bond donors (Lipinski definition) is 0. The van der Waals surface area contributed by atoms with Gasteiger partial charge < -0.3 is 9.64 Å². The van der Waals surface area contributed by atoms with E-state index in [0.29, 0.717) is 13.3 Å². The van der Waals surface area contributed by atoms with Gasteiger partial charge in [-0.3, -0.25) is 0 Å². The molecule has 0 N–H and O–H groups in total. The Morgan fingerprint density at radius 1 is 1.54 bits per heavy atom. The number of fused-ring (bicyclic) bond motifs is 1. The third-order valence-corrected chi connectivity index (χ3v) is 2.50. The first kappa shape index (κ1) is 8.85. The van der Waals surface area contributed by atoms with Crippen LogP contribution in [0.15, 0.2) is 18.2 Å². The first-order valence-corrected chi connectivity index (χ1v) is 4.80.